The number of unbranched alkanes of at least 4 members (excludes halogenated alkanes) is 2. The molecule has 0 radical (unpaired) electrons. The molecule has 94 valence electrons. The molecule has 0 aliphatic carbocycles. The monoisotopic (exact) mass is 236 g/mol. The molecule has 17 heavy (non-hydrogen) atoms. The van der Waals surface area contributed by atoms with E-state index >= 15 is 0 Å². The number of rotatable bonds is 8. The molecule has 0 aliphatic heterocycles. The zero-order chi connectivity index (χ0) is 12.3. The molecule has 0 spiro atoms. The minimum absolute atomic E-state index is 0.203. The highest BCUT2D eigenvalue weighted by Crippen LogP contribution is 2.02. The van der Waals surface area contributed by atoms with E-state index in [4.69, 9.17) is 9.47 Å². The maximum absolute atomic E-state index is 10.5. The minimum atomic E-state index is -0.203. The Morgan fingerprint density at radius 1 is 1.06 bits per heavy atom. The van der Waals surface area contributed by atoms with Crippen LogP contribution >= 0.6 is 0 Å². The number of carbonyl (C=O) groups excluding carboxylic acids is 1. The van der Waals surface area contributed by atoms with Gasteiger partial charge in [-0.2, -0.15) is 0 Å². The number of hydrogen-bond acceptors (Lipinski definition) is 3. The topological polar surface area (TPSA) is 35.5 Å². The number of esters is 1. The van der Waals surface area contributed by atoms with Gasteiger partial charge in [-0.15, -0.1) is 0 Å². The van der Waals surface area contributed by atoms with Crippen molar-refractivity contribution in [1.29, 1.82) is 0 Å². The Balaban J connectivity index is 1.90. The van der Waals surface area contributed by atoms with Crippen LogP contribution < -0.4 is 0 Å². The van der Waals surface area contributed by atoms with Crippen LogP contribution in [0.15, 0.2) is 30.3 Å². The predicted octanol–water partition coefficient (Wildman–Crippen LogP) is 2.94. The van der Waals surface area contributed by atoms with Crippen LogP contribution in [0.2, 0.25) is 0 Å². The Morgan fingerprint density at radius 3 is 2.47 bits per heavy atom. The van der Waals surface area contributed by atoms with Gasteiger partial charge in [0.2, 0.25) is 0 Å². The van der Waals surface area contributed by atoms with E-state index in [2.05, 4.69) is 12.1 Å². The number of ether oxygens (including phenoxy) is 2. The third-order valence-electron chi connectivity index (χ3n) is 2.35. The molecule has 1 aromatic rings. The predicted molar refractivity (Wildman–Crippen MR) is 66.6 cm³/mol. The van der Waals surface area contributed by atoms with Crippen LogP contribution in [-0.2, 0) is 20.9 Å². The van der Waals surface area contributed by atoms with Gasteiger partial charge in [0.25, 0.3) is 0 Å². The summed E-state index contributed by atoms with van der Waals surface area (Å²) in [6.07, 6.45) is 2.95. The van der Waals surface area contributed by atoms with Gasteiger partial charge < -0.3 is 9.47 Å². The molecule has 1 aromatic carbocycles. The molecule has 1 rings (SSSR count). The second kappa shape index (κ2) is 8.76. The Kier molecular flexibility index (Phi) is 7.07. The lowest BCUT2D eigenvalue weighted by Crippen LogP contribution is -2.01. The first-order valence-corrected chi connectivity index (χ1v) is 6.04. The van der Waals surface area contributed by atoms with Crippen molar-refractivity contribution in [2.75, 3.05) is 13.2 Å². The molecule has 0 aromatic heterocycles. The second-order valence-corrected chi connectivity index (χ2v) is 3.94. The number of carbonyl (C=O) groups is 1. The molecule has 0 saturated heterocycles. The van der Waals surface area contributed by atoms with Gasteiger partial charge in [-0.3, -0.25) is 4.79 Å². The summed E-state index contributed by atoms with van der Waals surface area (Å²) in [7, 11) is 0. The molecular weight excluding hydrogens is 216 g/mol. The van der Waals surface area contributed by atoms with E-state index in [1.54, 1.807) is 0 Å². The summed E-state index contributed by atoms with van der Waals surface area (Å²) in [4.78, 5) is 10.5. The summed E-state index contributed by atoms with van der Waals surface area (Å²) in [6.45, 7) is 3.39. The molecule has 0 bridgehead atoms. The molecule has 0 heterocycles. The van der Waals surface area contributed by atoms with Crippen LogP contribution in [-0.4, -0.2) is 19.2 Å². The summed E-state index contributed by atoms with van der Waals surface area (Å²) in [5, 5.41) is 0. The van der Waals surface area contributed by atoms with Crippen molar-refractivity contribution < 1.29 is 14.3 Å². The van der Waals surface area contributed by atoms with Crippen LogP contribution in [0.4, 0.5) is 0 Å². The molecule has 0 unspecified atom stereocenters. The summed E-state index contributed by atoms with van der Waals surface area (Å²) >= 11 is 0. The summed E-state index contributed by atoms with van der Waals surface area (Å²) in [6, 6.07) is 10.1. The van der Waals surface area contributed by atoms with Crippen molar-refractivity contribution >= 4 is 5.97 Å². The van der Waals surface area contributed by atoms with Crippen molar-refractivity contribution in [2.45, 2.75) is 32.8 Å². The van der Waals surface area contributed by atoms with Crippen LogP contribution in [0.25, 0.3) is 0 Å². The smallest absolute Gasteiger partial charge is 0.302 e. The van der Waals surface area contributed by atoms with Gasteiger partial charge in [0.05, 0.1) is 13.2 Å². The first-order valence-electron chi connectivity index (χ1n) is 6.04. The third kappa shape index (κ3) is 7.53. The molecule has 3 nitrogen and oxygen atoms in total. The Hall–Kier alpha value is -1.35. The van der Waals surface area contributed by atoms with Gasteiger partial charge in [-0.25, -0.2) is 0 Å². The van der Waals surface area contributed by atoms with Crippen molar-refractivity contribution in [2.24, 2.45) is 0 Å². The Bertz CT molecular complexity index is 309. The molecule has 0 fully saturated rings. The molecule has 3 heteroatoms. The van der Waals surface area contributed by atoms with E-state index in [0.29, 0.717) is 13.2 Å². The third-order valence-corrected chi connectivity index (χ3v) is 2.35. The van der Waals surface area contributed by atoms with Crippen LogP contribution in [0.1, 0.15) is 31.7 Å². The SMILES string of the molecule is CC(=O)OCCCCCOCc1ccccc1. The van der Waals surface area contributed by atoms with E-state index in [1.807, 2.05) is 18.2 Å². The van der Waals surface area contributed by atoms with Crippen molar-refractivity contribution in [3.63, 3.8) is 0 Å². The van der Waals surface area contributed by atoms with Gasteiger partial charge >= 0.3 is 5.97 Å². The van der Waals surface area contributed by atoms with Crippen LogP contribution in [0, 0.1) is 0 Å². The lowest BCUT2D eigenvalue weighted by molar-refractivity contribution is -0.141. The summed E-state index contributed by atoms with van der Waals surface area (Å²) in [5.41, 5.74) is 1.20. The first-order chi connectivity index (χ1) is 8.29. The van der Waals surface area contributed by atoms with E-state index in [9.17, 15) is 4.79 Å². The van der Waals surface area contributed by atoms with E-state index in [1.165, 1.54) is 12.5 Å². The Labute approximate surface area is 103 Å². The van der Waals surface area contributed by atoms with Gasteiger partial charge in [0.1, 0.15) is 0 Å². The lowest BCUT2D eigenvalue weighted by atomic mass is 10.2. The average molecular weight is 236 g/mol. The van der Waals surface area contributed by atoms with Crippen LogP contribution in [0.5, 0.6) is 0 Å². The molecule has 0 aliphatic rings. The van der Waals surface area contributed by atoms with E-state index in [-0.39, 0.29) is 5.97 Å². The summed E-state index contributed by atoms with van der Waals surface area (Å²) in [5.74, 6) is -0.203. The van der Waals surface area contributed by atoms with Crippen molar-refractivity contribution in [3.8, 4) is 0 Å². The molecule has 0 amide bonds. The second-order valence-electron chi connectivity index (χ2n) is 3.94. The number of hydrogen-bond donors (Lipinski definition) is 0. The van der Waals surface area contributed by atoms with Gasteiger partial charge in [0.15, 0.2) is 0 Å². The van der Waals surface area contributed by atoms with Crippen molar-refractivity contribution in [1.82, 2.24) is 0 Å². The zero-order valence-electron chi connectivity index (χ0n) is 10.4. The molecular formula is C14H20O3. The average Bonchev–Trinajstić information content (AvgIpc) is 2.33. The van der Waals surface area contributed by atoms with Crippen LogP contribution in [0.3, 0.4) is 0 Å². The standard InChI is InChI=1S/C14H20O3/c1-13(15)17-11-7-3-6-10-16-12-14-8-4-2-5-9-14/h2,4-5,8-9H,3,6-7,10-12H2,1H3. The van der Waals surface area contributed by atoms with Crippen molar-refractivity contribution in [3.05, 3.63) is 35.9 Å². The lowest BCUT2D eigenvalue weighted by Gasteiger charge is -2.04. The Morgan fingerprint density at radius 2 is 1.76 bits per heavy atom. The van der Waals surface area contributed by atoms with E-state index < -0.39 is 0 Å². The maximum atomic E-state index is 10.5. The first kappa shape index (κ1) is 13.7. The normalized spacial score (nSPS) is 10.2. The molecule has 0 atom stereocenters. The minimum Gasteiger partial charge on any atom is -0.466 e. The molecule has 0 N–H and O–H groups in total. The quantitative estimate of drug-likeness (QED) is 0.514. The fraction of sp³-hybridized carbons (Fsp3) is 0.500. The number of benzene rings is 1. The summed E-state index contributed by atoms with van der Waals surface area (Å²) < 4.78 is 10.4. The fourth-order valence-electron chi connectivity index (χ4n) is 1.46. The highest BCUT2D eigenvalue weighted by molar-refractivity contribution is 5.65. The highest BCUT2D eigenvalue weighted by atomic mass is 16.5. The van der Waals surface area contributed by atoms with Gasteiger partial charge in [-0.05, 0) is 24.8 Å². The maximum Gasteiger partial charge on any atom is 0.302 e. The van der Waals surface area contributed by atoms with E-state index in [0.717, 1.165) is 25.9 Å². The largest absolute Gasteiger partial charge is 0.466 e. The fourth-order valence-corrected chi connectivity index (χ4v) is 1.46. The van der Waals surface area contributed by atoms with Gasteiger partial charge in [0, 0.05) is 13.5 Å². The van der Waals surface area contributed by atoms with Gasteiger partial charge in [-0.1, -0.05) is 30.3 Å². The zero-order valence-corrected chi connectivity index (χ0v) is 10.4. The highest BCUT2D eigenvalue weighted by Gasteiger charge is 1.94. The molecule has 0 saturated carbocycles.